The van der Waals surface area contributed by atoms with E-state index in [9.17, 15) is 4.55 Å². The van der Waals surface area contributed by atoms with E-state index in [-0.39, 0.29) is 29.6 Å². The molecule has 0 amide bonds. The Bertz CT molecular complexity index is 189. The van der Waals surface area contributed by atoms with E-state index in [4.69, 9.17) is 11.6 Å². The van der Waals surface area contributed by atoms with Gasteiger partial charge in [0.1, 0.15) is 0 Å². The van der Waals surface area contributed by atoms with Gasteiger partial charge in [-0.1, -0.05) is 11.6 Å². The average Bonchev–Trinajstić information content (AvgIpc) is 1.90. The van der Waals surface area contributed by atoms with Crippen molar-refractivity contribution in [1.82, 2.24) is 0 Å². The fourth-order valence-electron chi connectivity index (χ4n) is 0.490. The molecule has 0 aliphatic rings. The number of hydrogen-bond donors (Lipinski definition) is 0. The van der Waals surface area contributed by atoms with Gasteiger partial charge in [0.25, 0.3) is 0 Å². The summed E-state index contributed by atoms with van der Waals surface area (Å²) in [4.78, 5) is 0.694. The summed E-state index contributed by atoms with van der Waals surface area (Å²) in [5.41, 5.74) is 0. The van der Waals surface area contributed by atoms with Gasteiger partial charge >= 0.3 is 29.6 Å². The molecule has 1 aromatic rings. The Hall–Kier alpha value is 0.820. The molecule has 0 fully saturated rings. The van der Waals surface area contributed by atoms with Gasteiger partial charge in [-0.3, -0.25) is 0 Å². The van der Waals surface area contributed by atoms with Gasteiger partial charge in [-0.15, -0.1) is 0 Å². The first-order valence-electron chi connectivity index (χ1n) is 2.38. The Morgan fingerprint density at radius 2 is 1.70 bits per heavy atom. The zero-order valence-electron chi connectivity index (χ0n) is 5.50. The van der Waals surface area contributed by atoms with Crippen molar-refractivity contribution in [3.05, 3.63) is 29.3 Å². The Kier molecular flexibility index (Phi) is 5.92. The molecule has 0 unspecified atom stereocenters. The molecule has 48 valence electrons. The van der Waals surface area contributed by atoms with Gasteiger partial charge < -0.3 is 4.55 Å². The van der Waals surface area contributed by atoms with Gasteiger partial charge in [0.05, 0.1) is 0 Å². The van der Waals surface area contributed by atoms with Gasteiger partial charge in [-0.2, -0.15) is 0 Å². The average molecular weight is 183 g/mol. The van der Waals surface area contributed by atoms with Crippen molar-refractivity contribution in [1.29, 1.82) is 0 Å². The van der Waals surface area contributed by atoms with E-state index in [2.05, 4.69) is 0 Å². The number of benzene rings is 1. The minimum Gasteiger partial charge on any atom is -0.795 e. The smallest absolute Gasteiger partial charge is 0.795 e. The second-order valence-electron chi connectivity index (χ2n) is 1.54. The number of halogens is 1. The van der Waals surface area contributed by atoms with Crippen LogP contribution >= 0.6 is 23.6 Å². The molecule has 10 heavy (non-hydrogen) atoms. The molecule has 1 rings (SSSR count). The molecule has 0 aromatic heterocycles. The van der Waals surface area contributed by atoms with Crippen LogP contribution in [0.1, 0.15) is 0 Å². The van der Waals surface area contributed by atoms with Crippen LogP contribution in [0.25, 0.3) is 0 Å². The summed E-state index contributed by atoms with van der Waals surface area (Å²) in [6, 6.07) is 6.78. The van der Waals surface area contributed by atoms with Crippen molar-refractivity contribution in [2.24, 2.45) is 0 Å². The van der Waals surface area contributed by atoms with Crippen molar-refractivity contribution in [3.63, 3.8) is 0 Å². The van der Waals surface area contributed by atoms with Gasteiger partial charge in [0, 0.05) is 5.02 Å². The molecule has 0 saturated heterocycles. The second kappa shape index (κ2) is 5.47. The number of rotatable bonds is 1. The minimum absolute atomic E-state index is 0. The molecule has 0 aliphatic heterocycles. The van der Waals surface area contributed by atoms with Crippen molar-refractivity contribution in [2.45, 2.75) is 4.90 Å². The summed E-state index contributed by atoms with van der Waals surface area (Å²) >= 11 is 6.03. The first-order chi connectivity index (χ1) is 4.33. The molecule has 0 N–H and O–H groups in total. The summed E-state index contributed by atoms with van der Waals surface area (Å²) < 4.78 is 10.1. The third-order valence-electron chi connectivity index (χ3n) is 0.910. The minimum atomic E-state index is 0. The van der Waals surface area contributed by atoms with E-state index in [1.807, 2.05) is 0 Å². The molecule has 0 radical (unpaired) electrons. The Balaban J connectivity index is 0.000000810. The van der Waals surface area contributed by atoms with Crippen LogP contribution in [0.3, 0.4) is 0 Å². The van der Waals surface area contributed by atoms with Crippen molar-refractivity contribution in [2.75, 3.05) is 0 Å². The SMILES string of the molecule is [Na+].[O-]Sc1ccc(Cl)cc1. The molecular weight excluding hydrogens is 179 g/mol. The monoisotopic (exact) mass is 182 g/mol. The van der Waals surface area contributed by atoms with Gasteiger partial charge in [0.15, 0.2) is 0 Å². The Morgan fingerprint density at radius 3 is 2.10 bits per heavy atom. The van der Waals surface area contributed by atoms with Crippen LogP contribution in [0, 0.1) is 0 Å². The normalized spacial score (nSPS) is 8.60. The maximum Gasteiger partial charge on any atom is 1.00 e. The third-order valence-corrected chi connectivity index (χ3v) is 1.63. The maximum absolute atomic E-state index is 10.1. The zero-order valence-corrected chi connectivity index (χ0v) is 9.08. The van der Waals surface area contributed by atoms with E-state index < -0.39 is 0 Å². The van der Waals surface area contributed by atoms with Crippen LogP contribution in [-0.4, -0.2) is 4.55 Å². The van der Waals surface area contributed by atoms with Crippen LogP contribution in [-0.2, 0) is 0 Å². The summed E-state index contributed by atoms with van der Waals surface area (Å²) in [6.07, 6.45) is 0. The molecular formula is C6H4ClNaOS. The summed E-state index contributed by atoms with van der Waals surface area (Å²) in [5, 5.41) is 0.660. The predicted molar refractivity (Wildman–Crippen MR) is 38.1 cm³/mol. The molecule has 1 aromatic carbocycles. The van der Waals surface area contributed by atoms with E-state index >= 15 is 0 Å². The standard InChI is InChI=1S/C6H5ClOS.Na/c7-5-1-3-6(9-8)4-2-5;/h1-4,8H;/q;+1/p-1. The van der Waals surface area contributed by atoms with Crippen LogP contribution in [0.2, 0.25) is 5.02 Å². The third kappa shape index (κ3) is 3.28. The fourth-order valence-corrected chi connectivity index (χ4v) is 0.863. The molecule has 0 saturated carbocycles. The molecule has 0 bridgehead atoms. The molecule has 0 heterocycles. The molecule has 4 heteroatoms. The Labute approximate surface area is 91.3 Å². The van der Waals surface area contributed by atoms with Crippen LogP contribution in [0.5, 0.6) is 0 Å². The topological polar surface area (TPSA) is 23.1 Å². The first-order valence-corrected chi connectivity index (χ1v) is 3.50. The maximum atomic E-state index is 10.1. The fraction of sp³-hybridized carbons (Fsp3) is 0. The largest absolute Gasteiger partial charge is 1.00 e. The van der Waals surface area contributed by atoms with E-state index in [0.717, 1.165) is 0 Å². The first kappa shape index (κ1) is 10.8. The van der Waals surface area contributed by atoms with Gasteiger partial charge in [-0.05, 0) is 29.2 Å². The van der Waals surface area contributed by atoms with Gasteiger partial charge in [-0.25, -0.2) is 12.0 Å². The summed E-state index contributed by atoms with van der Waals surface area (Å²) in [7, 11) is 0. The molecule has 0 atom stereocenters. The predicted octanol–water partition coefficient (Wildman–Crippen LogP) is -0.433. The quantitative estimate of drug-likeness (QED) is 0.435. The van der Waals surface area contributed by atoms with Crippen LogP contribution < -0.4 is 29.6 Å². The summed E-state index contributed by atoms with van der Waals surface area (Å²) in [6.45, 7) is 0. The van der Waals surface area contributed by atoms with Crippen molar-refractivity contribution in [3.8, 4) is 0 Å². The van der Waals surface area contributed by atoms with Crippen molar-refractivity contribution < 1.29 is 34.1 Å². The second-order valence-corrected chi connectivity index (χ2v) is 2.61. The molecule has 0 aliphatic carbocycles. The van der Waals surface area contributed by atoms with Crippen molar-refractivity contribution >= 4 is 23.6 Å². The van der Waals surface area contributed by atoms with E-state index in [0.29, 0.717) is 22.0 Å². The summed E-state index contributed by atoms with van der Waals surface area (Å²) in [5.74, 6) is 0. The molecule has 0 spiro atoms. The van der Waals surface area contributed by atoms with E-state index in [1.54, 1.807) is 24.3 Å². The number of hydrogen-bond acceptors (Lipinski definition) is 2. The zero-order chi connectivity index (χ0) is 6.69. The van der Waals surface area contributed by atoms with Crippen LogP contribution in [0.15, 0.2) is 29.2 Å². The van der Waals surface area contributed by atoms with E-state index in [1.165, 1.54) is 0 Å². The van der Waals surface area contributed by atoms with Crippen LogP contribution in [0.4, 0.5) is 0 Å². The molecule has 1 nitrogen and oxygen atoms in total. The van der Waals surface area contributed by atoms with Gasteiger partial charge in [0.2, 0.25) is 0 Å². The Morgan fingerprint density at radius 1 is 1.20 bits per heavy atom.